The van der Waals surface area contributed by atoms with Crippen molar-refractivity contribution >= 4 is 11.6 Å². The third-order valence-electron chi connectivity index (χ3n) is 4.53. The van der Waals surface area contributed by atoms with Crippen molar-refractivity contribution in [2.24, 2.45) is 0 Å². The molecule has 1 aliphatic heterocycles. The number of benzene rings is 1. The Labute approximate surface area is 124 Å². The molecule has 1 N–H and O–H groups in total. The van der Waals surface area contributed by atoms with E-state index in [2.05, 4.69) is 5.32 Å². The fourth-order valence-corrected chi connectivity index (χ4v) is 3.68. The number of nitrogens with one attached hydrogen (secondary N) is 1. The van der Waals surface area contributed by atoms with Crippen molar-refractivity contribution in [1.82, 2.24) is 5.32 Å². The van der Waals surface area contributed by atoms with Crippen LogP contribution in [0.3, 0.4) is 0 Å². The number of rotatable bonds is 4. The molecular formula is C16H21ClFNO. The summed E-state index contributed by atoms with van der Waals surface area (Å²) in [6.07, 6.45) is 6.96. The molecule has 0 aromatic heterocycles. The van der Waals surface area contributed by atoms with Crippen LogP contribution in [0, 0.1) is 5.82 Å². The SMILES string of the molecule is Fc1ccc2c(c1)CC(CNC1(CCl)CCCCC1)O2. The predicted octanol–water partition coefficient (Wildman–Crippen LogP) is 3.66. The van der Waals surface area contributed by atoms with Crippen LogP contribution in [-0.4, -0.2) is 24.1 Å². The third-order valence-corrected chi connectivity index (χ3v) is 5.05. The molecule has 2 nitrogen and oxygen atoms in total. The van der Waals surface area contributed by atoms with E-state index in [1.165, 1.54) is 25.3 Å². The lowest BCUT2D eigenvalue weighted by Gasteiger charge is -2.37. The maximum atomic E-state index is 13.2. The molecule has 0 bridgehead atoms. The van der Waals surface area contributed by atoms with Gasteiger partial charge in [-0.25, -0.2) is 4.39 Å². The third kappa shape index (κ3) is 2.94. The van der Waals surface area contributed by atoms with Crippen molar-refractivity contribution in [1.29, 1.82) is 0 Å². The standard InChI is InChI=1S/C16H21ClFNO/c17-11-16(6-2-1-3-7-16)19-10-14-9-12-8-13(18)4-5-15(12)20-14/h4-5,8,14,19H,1-3,6-7,9-11H2. The van der Waals surface area contributed by atoms with Crippen LogP contribution in [0.2, 0.25) is 0 Å². The molecule has 1 atom stereocenters. The average Bonchev–Trinajstić information content (AvgIpc) is 2.88. The van der Waals surface area contributed by atoms with E-state index in [0.717, 1.165) is 37.1 Å². The second-order valence-electron chi connectivity index (χ2n) is 6.05. The van der Waals surface area contributed by atoms with E-state index in [4.69, 9.17) is 16.3 Å². The van der Waals surface area contributed by atoms with Gasteiger partial charge in [0.05, 0.1) is 0 Å². The van der Waals surface area contributed by atoms with Crippen molar-refractivity contribution < 1.29 is 9.13 Å². The van der Waals surface area contributed by atoms with E-state index in [1.54, 1.807) is 12.1 Å². The lowest BCUT2D eigenvalue weighted by Crippen LogP contribution is -2.51. The average molecular weight is 298 g/mol. The molecule has 2 aliphatic rings. The van der Waals surface area contributed by atoms with Crippen LogP contribution in [0.25, 0.3) is 0 Å². The van der Waals surface area contributed by atoms with Crippen LogP contribution in [0.15, 0.2) is 18.2 Å². The highest BCUT2D eigenvalue weighted by atomic mass is 35.5. The largest absolute Gasteiger partial charge is 0.488 e. The second kappa shape index (κ2) is 5.90. The van der Waals surface area contributed by atoms with Gasteiger partial charge in [-0.05, 0) is 31.0 Å². The first kappa shape index (κ1) is 14.2. The Hall–Kier alpha value is -0.800. The smallest absolute Gasteiger partial charge is 0.123 e. The van der Waals surface area contributed by atoms with Crippen LogP contribution in [0.5, 0.6) is 5.75 Å². The van der Waals surface area contributed by atoms with Gasteiger partial charge in [-0.3, -0.25) is 0 Å². The molecule has 1 aromatic carbocycles. The van der Waals surface area contributed by atoms with Crippen LogP contribution in [-0.2, 0) is 6.42 Å². The molecule has 1 fully saturated rings. The Morgan fingerprint density at radius 3 is 2.85 bits per heavy atom. The van der Waals surface area contributed by atoms with E-state index in [-0.39, 0.29) is 17.5 Å². The molecule has 1 unspecified atom stereocenters. The summed E-state index contributed by atoms with van der Waals surface area (Å²) in [6, 6.07) is 4.76. The van der Waals surface area contributed by atoms with Gasteiger partial charge in [-0.15, -0.1) is 11.6 Å². The zero-order valence-electron chi connectivity index (χ0n) is 11.6. The molecule has 1 aliphatic carbocycles. The Balaban J connectivity index is 1.57. The maximum absolute atomic E-state index is 13.2. The number of alkyl halides is 1. The van der Waals surface area contributed by atoms with E-state index in [0.29, 0.717) is 5.88 Å². The molecule has 4 heteroatoms. The Morgan fingerprint density at radius 1 is 1.30 bits per heavy atom. The Morgan fingerprint density at radius 2 is 2.10 bits per heavy atom. The lowest BCUT2D eigenvalue weighted by molar-refractivity contribution is 0.185. The van der Waals surface area contributed by atoms with Crippen molar-refractivity contribution in [2.45, 2.75) is 50.2 Å². The van der Waals surface area contributed by atoms with Crippen LogP contribution >= 0.6 is 11.6 Å². The first-order valence-electron chi connectivity index (χ1n) is 7.47. The van der Waals surface area contributed by atoms with Gasteiger partial charge >= 0.3 is 0 Å². The summed E-state index contributed by atoms with van der Waals surface area (Å²) in [7, 11) is 0. The molecule has 0 saturated heterocycles. The summed E-state index contributed by atoms with van der Waals surface area (Å²) in [5, 5.41) is 3.63. The normalized spacial score (nSPS) is 24.2. The van der Waals surface area contributed by atoms with Gasteiger partial charge in [0.15, 0.2) is 0 Å². The minimum Gasteiger partial charge on any atom is -0.488 e. The van der Waals surface area contributed by atoms with Crippen molar-refractivity contribution in [3.05, 3.63) is 29.6 Å². The van der Waals surface area contributed by atoms with Gasteiger partial charge in [0.1, 0.15) is 17.7 Å². The first-order valence-corrected chi connectivity index (χ1v) is 8.00. The van der Waals surface area contributed by atoms with Gasteiger partial charge < -0.3 is 10.1 Å². The van der Waals surface area contributed by atoms with Gasteiger partial charge in [0, 0.05) is 29.9 Å². The van der Waals surface area contributed by atoms with Crippen molar-refractivity contribution in [3.63, 3.8) is 0 Å². The highest BCUT2D eigenvalue weighted by molar-refractivity contribution is 6.18. The minimum atomic E-state index is -0.189. The number of halogens is 2. The van der Waals surface area contributed by atoms with E-state index >= 15 is 0 Å². The number of hydrogen-bond acceptors (Lipinski definition) is 2. The highest BCUT2D eigenvalue weighted by Crippen LogP contribution is 2.31. The van der Waals surface area contributed by atoms with Crippen LogP contribution in [0.4, 0.5) is 4.39 Å². The van der Waals surface area contributed by atoms with E-state index < -0.39 is 0 Å². The molecule has 1 heterocycles. The van der Waals surface area contributed by atoms with Gasteiger partial charge in [0.2, 0.25) is 0 Å². The summed E-state index contributed by atoms with van der Waals surface area (Å²) in [6.45, 7) is 0.781. The summed E-state index contributed by atoms with van der Waals surface area (Å²) in [5.74, 6) is 1.29. The number of hydrogen-bond donors (Lipinski definition) is 1. The van der Waals surface area contributed by atoms with E-state index in [1.807, 2.05) is 0 Å². The summed E-state index contributed by atoms with van der Waals surface area (Å²) >= 11 is 6.18. The molecule has 1 aromatic rings. The molecule has 20 heavy (non-hydrogen) atoms. The minimum absolute atomic E-state index is 0.0726. The zero-order valence-corrected chi connectivity index (χ0v) is 12.4. The predicted molar refractivity (Wildman–Crippen MR) is 79.1 cm³/mol. The highest BCUT2D eigenvalue weighted by Gasteiger charge is 2.32. The monoisotopic (exact) mass is 297 g/mol. The van der Waals surface area contributed by atoms with Crippen molar-refractivity contribution in [2.75, 3.05) is 12.4 Å². The second-order valence-corrected chi connectivity index (χ2v) is 6.32. The summed E-state index contributed by atoms with van der Waals surface area (Å²) < 4.78 is 19.1. The Kier molecular flexibility index (Phi) is 4.18. The van der Waals surface area contributed by atoms with E-state index in [9.17, 15) is 4.39 Å². The number of ether oxygens (including phenoxy) is 1. The fraction of sp³-hybridized carbons (Fsp3) is 0.625. The number of fused-ring (bicyclic) bond motifs is 1. The zero-order chi connectivity index (χ0) is 14.0. The molecule has 110 valence electrons. The Bertz CT molecular complexity index is 474. The van der Waals surface area contributed by atoms with Gasteiger partial charge in [0.25, 0.3) is 0 Å². The van der Waals surface area contributed by atoms with Gasteiger partial charge in [-0.1, -0.05) is 19.3 Å². The quantitative estimate of drug-likeness (QED) is 0.856. The van der Waals surface area contributed by atoms with Crippen LogP contribution < -0.4 is 10.1 Å². The molecule has 0 amide bonds. The first-order chi connectivity index (χ1) is 9.71. The molecular weight excluding hydrogens is 277 g/mol. The van der Waals surface area contributed by atoms with Crippen LogP contribution in [0.1, 0.15) is 37.7 Å². The van der Waals surface area contributed by atoms with Crippen molar-refractivity contribution in [3.8, 4) is 5.75 Å². The maximum Gasteiger partial charge on any atom is 0.123 e. The molecule has 0 radical (unpaired) electrons. The summed E-state index contributed by atoms with van der Waals surface area (Å²) in [4.78, 5) is 0. The fourth-order valence-electron chi connectivity index (χ4n) is 3.32. The van der Waals surface area contributed by atoms with Gasteiger partial charge in [-0.2, -0.15) is 0 Å². The molecule has 0 spiro atoms. The molecule has 3 rings (SSSR count). The summed E-state index contributed by atoms with van der Waals surface area (Å²) in [5.41, 5.74) is 1.05. The topological polar surface area (TPSA) is 21.3 Å². The molecule has 1 saturated carbocycles. The lowest BCUT2D eigenvalue weighted by atomic mass is 9.83.